The van der Waals surface area contributed by atoms with Gasteiger partial charge in [-0.1, -0.05) is 6.07 Å². The predicted molar refractivity (Wildman–Crippen MR) is 74.0 cm³/mol. The van der Waals surface area contributed by atoms with Gasteiger partial charge in [0.15, 0.2) is 0 Å². The highest BCUT2D eigenvalue weighted by atomic mass is 16.5. The second-order valence-electron chi connectivity index (χ2n) is 4.55. The van der Waals surface area contributed by atoms with Gasteiger partial charge in [-0.25, -0.2) is 4.98 Å². The smallest absolute Gasteiger partial charge is 0.224 e. The lowest BCUT2D eigenvalue weighted by molar-refractivity contribution is -0.120. The number of hydrogen-bond acceptors (Lipinski definition) is 3. The predicted octanol–water partition coefficient (Wildman–Crippen LogP) is 1.57. The molecule has 1 aromatic heterocycles. The van der Waals surface area contributed by atoms with Crippen LogP contribution < -0.4 is 5.32 Å². The third kappa shape index (κ3) is 3.79. The monoisotopic (exact) mass is 261 g/mol. The van der Waals surface area contributed by atoms with Crippen molar-refractivity contribution in [2.24, 2.45) is 0 Å². The highest BCUT2D eigenvalue weighted by Gasteiger charge is 2.05. The molecule has 0 atom stereocenters. The van der Waals surface area contributed by atoms with Gasteiger partial charge in [-0.2, -0.15) is 0 Å². The number of carbonyl (C=O) groups is 1. The number of imidazole rings is 1. The minimum Gasteiger partial charge on any atom is -0.385 e. The highest BCUT2D eigenvalue weighted by Crippen LogP contribution is 2.13. The number of aryl methyl sites for hydroxylation is 1. The van der Waals surface area contributed by atoms with Crippen molar-refractivity contribution in [3.63, 3.8) is 0 Å². The molecule has 102 valence electrons. The molecule has 0 saturated carbocycles. The van der Waals surface area contributed by atoms with Crippen LogP contribution in [0.2, 0.25) is 0 Å². The van der Waals surface area contributed by atoms with Crippen molar-refractivity contribution in [1.29, 1.82) is 0 Å². The first kappa shape index (κ1) is 13.5. The number of fused-ring (bicyclic) bond motifs is 1. The van der Waals surface area contributed by atoms with E-state index in [1.807, 2.05) is 25.1 Å². The fourth-order valence-electron chi connectivity index (χ4n) is 1.99. The van der Waals surface area contributed by atoms with E-state index in [0.717, 1.165) is 28.8 Å². The Bertz CT molecular complexity index is 563. The van der Waals surface area contributed by atoms with Crippen LogP contribution in [0.4, 0.5) is 0 Å². The van der Waals surface area contributed by atoms with E-state index in [9.17, 15) is 4.79 Å². The summed E-state index contributed by atoms with van der Waals surface area (Å²) in [5, 5.41) is 2.87. The lowest BCUT2D eigenvalue weighted by Crippen LogP contribution is -2.26. The van der Waals surface area contributed by atoms with Crippen LogP contribution in [0.25, 0.3) is 11.0 Å². The fraction of sp³-hybridized carbons (Fsp3) is 0.429. The number of nitrogens with one attached hydrogen (secondary N) is 2. The van der Waals surface area contributed by atoms with Gasteiger partial charge in [-0.05, 0) is 31.0 Å². The summed E-state index contributed by atoms with van der Waals surface area (Å²) < 4.78 is 4.93. The van der Waals surface area contributed by atoms with Crippen LogP contribution in [0, 0.1) is 6.92 Å². The average Bonchev–Trinajstić information content (AvgIpc) is 2.74. The molecule has 2 N–H and O–H groups in total. The summed E-state index contributed by atoms with van der Waals surface area (Å²) in [4.78, 5) is 19.2. The van der Waals surface area contributed by atoms with Crippen molar-refractivity contribution in [3.05, 3.63) is 29.6 Å². The van der Waals surface area contributed by atoms with Crippen LogP contribution in [0.15, 0.2) is 18.2 Å². The Morgan fingerprint density at radius 1 is 1.47 bits per heavy atom. The maximum atomic E-state index is 11.7. The van der Waals surface area contributed by atoms with E-state index >= 15 is 0 Å². The Hall–Kier alpha value is -1.88. The number of aromatic nitrogens is 2. The minimum atomic E-state index is 0.0340. The Kier molecular flexibility index (Phi) is 4.52. The lowest BCUT2D eigenvalue weighted by Gasteiger charge is -2.05. The van der Waals surface area contributed by atoms with Crippen molar-refractivity contribution >= 4 is 16.9 Å². The summed E-state index contributed by atoms with van der Waals surface area (Å²) in [6, 6.07) is 5.85. The molecule has 5 heteroatoms. The second-order valence-corrected chi connectivity index (χ2v) is 4.55. The van der Waals surface area contributed by atoms with Crippen LogP contribution in [0.3, 0.4) is 0 Å². The molecule has 5 nitrogen and oxygen atoms in total. The highest BCUT2D eigenvalue weighted by molar-refractivity contribution is 5.81. The number of ether oxygens (including phenoxy) is 1. The van der Waals surface area contributed by atoms with E-state index in [1.54, 1.807) is 7.11 Å². The second kappa shape index (κ2) is 6.33. The number of carbonyl (C=O) groups excluding carboxylic acids is 1. The molecular formula is C14H19N3O2. The van der Waals surface area contributed by atoms with E-state index in [-0.39, 0.29) is 5.91 Å². The maximum absolute atomic E-state index is 11.7. The van der Waals surface area contributed by atoms with Gasteiger partial charge in [0.2, 0.25) is 5.91 Å². The third-order valence-corrected chi connectivity index (χ3v) is 2.88. The van der Waals surface area contributed by atoms with E-state index in [4.69, 9.17) is 4.74 Å². The zero-order chi connectivity index (χ0) is 13.7. The summed E-state index contributed by atoms with van der Waals surface area (Å²) in [5.41, 5.74) is 2.89. The van der Waals surface area contributed by atoms with Crippen molar-refractivity contribution < 1.29 is 9.53 Å². The summed E-state index contributed by atoms with van der Waals surface area (Å²) in [5.74, 6) is 0.919. The molecule has 0 fully saturated rings. The molecule has 0 aliphatic carbocycles. The van der Waals surface area contributed by atoms with Crippen molar-refractivity contribution in [3.8, 4) is 0 Å². The van der Waals surface area contributed by atoms with Crippen LogP contribution >= 0.6 is 0 Å². The van der Waals surface area contributed by atoms with Gasteiger partial charge in [0, 0.05) is 20.3 Å². The molecule has 2 rings (SSSR count). The largest absolute Gasteiger partial charge is 0.385 e. The maximum Gasteiger partial charge on any atom is 0.224 e. The lowest BCUT2D eigenvalue weighted by atomic mass is 10.1. The molecule has 1 aromatic carbocycles. The first-order valence-electron chi connectivity index (χ1n) is 6.40. The van der Waals surface area contributed by atoms with Crippen LogP contribution in [0.5, 0.6) is 0 Å². The number of aromatic amines is 1. The van der Waals surface area contributed by atoms with Gasteiger partial charge in [0.25, 0.3) is 0 Å². The van der Waals surface area contributed by atoms with Gasteiger partial charge in [0.1, 0.15) is 5.82 Å². The van der Waals surface area contributed by atoms with Gasteiger partial charge in [-0.15, -0.1) is 0 Å². The standard InChI is InChI=1S/C14H19N3O2/c1-10-16-12-5-4-11(8-13(12)17-10)9-14(18)15-6-3-7-19-2/h4-5,8H,3,6-7,9H2,1-2H3,(H,15,18)(H,16,17). The molecule has 0 spiro atoms. The molecule has 1 heterocycles. The van der Waals surface area contributed by atoms with E-state index < -0.39 is 0 Å². The van der Waals surface area contributed by atoms with Gasteiger partial charge >= 0.3 is 0 Å². The number of amides is 1. The van der Waals surface area contributed by atoms with Crippen LogP contribution in [-0.4, -0.2) is 36.1 Å². The van der Waals surface area contributed by atoms with Gasteiger partial charge < -0.3 is 15.0 Å². The molecule has 0 radical (unpaired) electrons. The number of nitrogens with zero attached hydrogens (tertiary/aromatic N) is 1. The number of H-pyrrole nitrogens is 1. The molecule has 19 heavy (non-hydrogen) atoms. The quantitative estimate of drug-likeness (QED) is 0.776. The summed E-state index contributed by atoms with van der Waals surface area (Å²) >= 11 is 0. The number of methoxy groups -OCH3 is 1. The summed E-state index contributed by atoms with van der Waals surface area (Å²) in [7, 11) is 1.66. The first-order chi connectivity index (χ1) is 9.19. The van der Waals surface area contributed by atoms with E-state index in [2.05, 4.69) is 15.3 Å². The van der Waals surface area contributed by atoms with Crippen molar-refractivity contribution in [2.45, 2.75) is 19.8 Å². The molecule has 0 aliphatic heterocycles. The Balaban J connectivity index is 1.91. The molecule has 1 amide bonds. The zero-order valence-corrected chi connectivity index (χ0v) is 11.3. The van der Waals surface area contributed by atoms with E-state index in [0.29, 0.717) is 19.6 Å². The van der Waals surface area contributed by atoms with Crippen LogP contribution in [0.1, 0.15) is 17.8 Å². The average molecular weight is 261 g/mol. The number of benzene rings is 1. The summed E-state index contributed by atoms with van der Waals surface area (Å²) in [6.45, 7) is 3.24. The SMILES string of the molecule is COCCCNC(=O)Cc1ccc2nc(C)[nH]c2c1. The molecule has 0 aliphatic rings. The number of rotatable bonds is 6. The fourth-order valence-corrected chi connectivity index (χ4v) is 1.99. The Labute approximate surface area is 112 Å². The van der Waals surface area contributed by atoms with Gasteiger partial charge in [-0.3, -0.25) is 4.79 Å². The minimum absolute atomic E-state index is 0.0340. The van der Waals surface area contributed by atoms with E-state index in [1.165, 1.54) is 0 Å². The molecule has 0 saturated heterocycles. The topological polar surface area (TPSA) is 67.0 Å². The number of hydrogen-bond donors (Lipinski definition) is 2. The Morgan fingerprint density at radius 2 is 2.32 bits per heavy atom. The van der Waals surface area contributed by atoms with Crippen molar-refractivity contribution in [2.75, 3.05) is 20.3 Å². The molecule has 0 bridgehead atoms. The Morgan fingerprint density at radius 3 is 3.11 bits per heavy atom. The first-order valence-corrected chi connectivity index (χ1v) is 6.40. The zero-order valence-electron chi connectivity index (χ0n) is 11.3. The summed E-state index contributed by atoms with van der Waals surface area (Å²) in [6.07, 6.45) is 1.22. The van der Waals surface area contributed by atoms with Gasteiger partial charge in [0.05, 0.1) is 17.5 Å². The molecule has 0 unspecified atom stereocenters. The van der Waals surface area contributed by atoms with Crippen LogP contribution in [-0.2, 0) is 16.0 Å². The molecule has 2 aromatic rings. The third-order valence-electron chi connectivity index (χ3n) is 2.88. The normalized spacial score (nSPS) is 10.8. The molecular weight excluding hydrogens is 242 g/mol. The van der Waals surface area contributed by atoms with Crippen molar-refractivity contribution in [1.82, 2.24) is 15.3 Å².